The van der Waals surface area contributed by atoms with Crippen LogP contribution in [0.5, 0.6) is 0 Å². The fourth-order valence-electron chi connectivity index (χ4n) is 2.78. The lowest BCUT2D eigenvalue weighted by Crippen LogP contribution is -2.05. The molecule has 0 amide bonds. The molecule has 0 N–H and O–H groups in total. The van der Waals surface area contributed by atoms with Gasteiger partial charge < -0.3 is 8.98 Å². The molecule has 22 heavy (non-hydrogen) atoms. The highest BCUT2D eigenvalue weighted by atomic mass is 16.4. The summed E-state index contributed by atoms with van der Waals surface area (Å²) in [6.07, 6.45) is 4.12. The Morgan fingerprint density at radius 3 is 2.77 bits per heavy atom. The largest absolute Gasteiger partial charge is 0.419 e. The van der Waals surface area contributed by atoms with Crippen molar-refractivity contribution in [2.24, 2.45) is 0 Å². The predicted molar refractivity (Wildman–Crippen MR) is 88.8 cm³/mol. The van der Waals surface area contributed by atoms with Gasteiger partial charge in [0.15, 0.2) is 0 Å². The first-order valence-electron chi connectivity index (χ1n) is 8.17. The van der Waals surface area contributed by atoms with Crippen molar-refractivity contribution < 1.29 is 4.42 Å². The maximum atomic E-state index is 5.89. The molecule has 4 nitrogen and oxygen atoms in total. The highest BCUT2D eigenvalue weighted by molar-refractivity contribution is 5.85. The zero-order valence-electron chi connectivity index (χ0n) is 13.5. The van der Waals surface area contributed by atoms with Crippen LogP contribution in [0.3, 0.4) is 0 Å². The molecule has 1 aromatic carbocycles. The van der Waals surface area contributed by atoms with E-state index in [1.807, 2.05) is 0 Å². The van der Waals surface area contributed by atoms with Crippen LogP contribution < -0.4 is 0 Å². The molecule has 116 valence electrons. The summed E-state index contributed by atoms with van der Waals surface area (Å²) in [6, 6.07) is 11.0. The van der Waals surface area contributed by atoms with Gasteiger partial charge in [0.1, 0.15) is 5.69 Å². The van der Waals surface area contributed by atoms with Gasteiger partial charge in [-0.1, -0.05) is 38.5 Å². The lowest BCUT2D eigenvalue weighted by atomic mass is 10.2. The molecule has 0 radical (unpaired) electrons. The van der Waals surface area contributed by atoms with Gasteiger partial charge in [0.2, 0.25) is 5.89 Å². The van der Waals surface area contributed by atoms with Crippen LogP contribution in [0.4, 0.5) is 0 Å². The number of nitrogens with zero attached hydrogens (tertiary/aromatic N) is 3. The molecule has 0 saturated carbocycles. The molecule has 0 spiro atoms. The van der Waals surface area contributed by atoms with E-state index in [2.05, 4.69) is 65.9 Å². The van der Waals surface area contributed by atoms with E-state index in [0.29, 0.717) is 11.9 Å². The van der Waals surface area contributed by atoms with E-state index < -0.39 is 0 Å². The van der Waals surface area contributed by atoms with Crippen molar-refractivity contribution in [2.45, 2.75) is 52.5 Å². The SMILES string of the molecule is CCCCc1nnc(-c2cc3ccccc3n2C(C)CC)o1. The molecule has 1 unspecified atom stereocenters. The second-order valence-corrected chi connectivity index (χ2v) is 5.82. The third-order valence-corrected chi connectivity index (χ3v) is 4.21. The Kier molecular flexibility index (Phi) is 4.27. The highest BCUT2D eigenvalue weighted by Crippen LogP contribution is 2.31. The fraction of sp³-hybridized carbons (Fsp3) is 0.444. The van der Waals surface area contributed by atoms with Gasteiger partial charge in [0.05, 0.1) is 0 Å². The Bertz CT molecular complexity index is 757. The maximum Gasteiger partial charge on any atom is 0.264 e. The van der Waals surface area contributed by atoms with Crippen LogP contribution in [0.2, 0.25) is 0 Å². The van der Waals surface area contributed by atoms with Crippen molar-refractivity contribution in [3.63, 3.8) is 0 Å². The topological polar surface area (TPSA) is 43.9 Å². The van der Waals surface area contributed by atoms with E-state index in [0.717, 1.165) is 37.3 Å². The van der Waals surface area contributed by atoms with Gasteiger partial charge in [0.25, 0.3) is 5.89 Å². The normalized spacial score (nSPS) is 12.9. The molecular formula is C18H23N3O. The van der Waals surface area contributed by atoms with E-state index in [4.69, 9.17) is 4.42 Å². The van der Waals surface area contributed by atoms with Crippen molar-refractivity contribution in [3.8, 4) is 11.6 Å². The molecule has 3 aromatic rings. The smallest absolute Gasteiger partial charge is 0.264 e. The van der Waals surface area contributed by atoms with Gasteiger partial charge in [-0.05, 0) is 31.9 Å². The van der Waals surface area contributed by atoms with Gasteiger partial charge in [0, 0.05) is 23.4 Å². The number of aryl methyl sites for hydroxylation is 1. The Morgan fingerprint density at radius 1 is 1.18 bits per heavy atom. The zero-order valence-corrected chi connectivity index (χ0v) is 13.5. The lowest BCUT2D eigenvalue weighted by molar-refractivity contribution is 0.484. The Hall–Kier alpha value is -2.10. The number of hydrogen-bond acceptors (Lipinski definition) is 3. The minimum absolute atomic E-state index is 0.390. The van der Waals surface area contributed by atoms with Crippen LogP contribution in [-0.2, 0) is 6.42 Å². The maximum absolute atomic E-state index is 5.89. The van der Waals surface area contributed by atoms with E-state index in [1.165, 1.54) is 10.9 Å². The minimum Gasteiger partial charge on any atom is -0.419 e. The summed E-state index contributed by atoms with van der Waals surface area (Å²) in [5, 5.41) is 9.68. The molecule has 0 aliphatic rings. The van der Waals surface area contributed by atoms with E-state index in [-0.39, 0.29) is 0 Å². The molecule has 0 bridgehead atoms. The molecule has 0 aliphatic heterocycles. The molecule has 0 saturated heterocycles. The first-order valence-corrected chi connectivity index (χ1v) is 8.17. The van der Waals surface area contributed by atoms with Crippen LogP contribution in [-0.4, -0.2) is 14.8 Å². The van der Waals surface area contributed by atoms with E-state index in [9.17, 15) is 0 Å². The lowest BCUT2D eigenvalue weighted by Gasteiger charge is -2.15. The molecule has 4 heteroatoms. The summed E-state index contributed by atoms with van der Waals surface area (Å²) < 4.78 is 8.21. The summed E-state index contributed by atoms with van der Waals surface area (Å²) in [6.45, 7) is 6.59. The van der Waals surface area contributed by atoms with E-state index in [1.54, 1.807) is 0 Å². The Labute approximate surface area is 131 Å². The summed E-state index contributed by atoms with van der Waals surface area (Å²) in [5.41, 5.74) is 2.24. The summed E-state index contributed by atoms with van der Waals surface area (Å²) >= 11 is 0. The quantitative estimate of drug-likeness (QED) is 0.642. The Morgan fingerprint density at radius 2 is 2.00 bits per heavy atom. The molecule has 2 heterocycles. The summed E-state index contributed by atoms with van der Waals surface area (Å²) in [5.74, 6) is 1.36. The third kappa shape index (κ3) is 2.65. The van der Waals surface area contributed by atoms with Gasteiger partial charge in [-0.25, -0.2) is 0 Å². The molecule has 0 fully saturated rings. The number of aromatic nitrogens is 3. The first-order chi connectivity index (χ1) is 10.7. The fourth-order valence-corrected chi connectivity index (χ4v) is 2.78. The minimum atomic E-state index is 0.390. The first kappa shape index (κ1) is 14.8. The van der Waals surface area contributed by atoms with Gasteiger partial charge >= 0.3 is 0 Å². The molecule has 2 aromatic heterocycles. The molecule has 3 rings (SSSR count). The van der Waals surface area contributed by atoms with Gasteiger partial charge in [-0.15, -0.1) is 10.2 Å². The number of hydrogen-bond donors (Lipinski definition) is 0. The zero-order chi connectivity index (χ0) is 15.5. The summed E-state index contributed by atoms with van der Waals surface area (Å²) in [7, 11) is 0. The average Bonchev–Trinajstić information content (AvgIpc) is 3.16. The van der Waals surface area contributed by atoms with Crippen molar-refractivity contribution in [2.75, 3.05) is 0 Å². The standard InChI is InChI=1S/C18H23N3O/c1-4-6-11-17-19-20-18(22-17)16-12-14-9-7-8-10-15(14)21(16)13(3)5-2/h7-10,12-13H,4-6,11H2,1-3H3. The number of benzene rings is 1. The van der Waals surface area contributed by atoms with Crippen LogP contribution in [0, 0.1) is 0 Å². The second-order valence-electron chi connectivity index (χ2n) is 5.82. The van der Waals surface area contributed by atoms with Crippen LogP contribution >= 0.6 is 0 Å². The van der Waals surface area contributed by atoms with E-state index >= 15 is 0 Å². The summed E-state index contributed by atoms with van der Waals surface area (Å²) in [4.78, 5) is 0. The van der Waals surface area contributed by atoms with Gasteiger partial charge in [-0.3, -0.25) is 0 Å². The van der Waals surface area contributed by atoms with Crippen molar-refractivity contribution >= 4 is 10.9 Å². The number of unbranched alkanes of at least 4 members (excludes halogenated alkanes) is 1. The highest BCUT2D eigenvalue weighted by Gasteiger charge is 2.18. The molecule has 1 atom stereocenters. The van der Waals surface area contributed by atoms with Crippen molar-refractivity contribution in [1.82, 2.24) is 14.8 Å². The predicted octanol–water partition coefficient (Wildman–Crippen LogP) is 5.00. The van der Waals surface area contributed by atoms with Crippen molar-refractivity contribution in [1.29, 1.82) is 0 Å². The monoisotopic (exact) mass is 297 g/mol. The van der Waals surface area contributed by atoms with Gasteiger partial charge in [-0.2, -0.15) is 0 Å². The number of rotatable bonds is 6. The number of fused-ring (bicyclic) bond motifs is 1. The van der Waals surface area contributed by atoms with Crippen LogP contribution in [0.15, 0.2) is 34.7 Å². The third-order valence-electron chi connectivity index (χ3n) is 4.21. The van der Waals surface area contributed by atoms with Crippen LogP contribution in [0.25, 0.3) is 22.5 Å². The van der Waals surface area contributed by atoms with Crippen LogP contribution in [0.1, 0.15) is 52.0 Å². The molecular weight excluding hydrogens is 274 g/mol. The average molecular weight is 297 g/mol. The van der Waals surface area contributed by atoms with Crippen molar-refractivity contribution in [3.05, 3.63) is 36.2 Å². The molecule has 0 aliphatic carbocycles. The Balaban J connectivity index is 2.07. The number of para-hydroxylation sites is 1. The second kappa shape index (κ2) is 6.34.